The minimum absolute atomic E-state index is 0.175. The quantitative estimate of drug-likeness (QED) is 0.102. The van der Waals surface area contributed by atoms with Gasteiger partial charge in [0.15, 0.2) is 0 Å². The molecule has 0 saturated carbocycles. The number of nitriles is 1. The van der Waals surface area contributed by atoms with Crippen LogP contribution in [0.1, 0.15) is 36.0 Å². The lowest BCUT2D eigenvalue weighted by Gasteiger charge is -2.34. The van der Waals surface area contributed by atoms with Crippen molar-refractivity contribution in [3.05, 3.63) is 111 Å². The van der Waals surface area contributed by atoms with E-state index in [0.717, 1.165) is 29.2 Å². The molecule has 1 atom stereocenters. The van der Waals surface area contributed by atoms with Gasteiger partial charge in [0, 0.05) is 23.6 Å². The number of fused-ring (bicyclic) bond motifs is 3. The van der Waals surface area contributed by atoms with Gasteiger partial charge in [-0.3, -0.25) is 9.69 Å². The van der Waals surface area contributed by atoms with E-state index in [9.17, 15) is 14.9 Å². The Morgan fingerprint density at radius 3 is 2.70 bits per heavy atom. The molecule has 0 bridgehead atoms. The van der Waals surface area contributed by atoms with Crippen molar-refractivity contribution in [3.63, 3.8) is 0 Å². The van der Waals surface area contributed by atoms with Crippen LogP contribution in [0, 0.1) is 11.3 Å². The predicted octanol–water partition coefficient (Wildman–Crippen LogP) is 7.37. The SMILES string of the molecule is COC(=O)C1CCCCN1Cc1cc(Cl)c(OCc2cccc(C#N)c2)cc1Oc1cc(=O)oc2c1ccc1ccccc12. The highest BCUT2D eigenvalue weighted by atomic mass is 35.5. The fourth-order valence-electron chi connectivity index (χ4n) is 5.66. The Kier molecular flexibility index (Phi) is 8.51. The van der Waals surface area contributed by atoms with Crippen LogP contribution < -0.4 is 15.1 Å². The number of piperidine rings is 1. The number of carbonyl (C=O) groups is 1. The second-order valence-corrected chi connectivity index (χ2v) is 11.1. The summed E-state index contributed by atoms with van der Waals surface area (Å²) in [6.07, 6.45) is 2.56. The van der Waals surface area contributed by atoms with Crippen LogP contribution >= 0.6 is 11.6 Å². The van der Waals surface area contributed by atoms with Crippen LogP contribution in [0.2, 0.25) is 5.02 Å². The first kappa shape index (κ1) is 29.2. The fraction of sp³-hybridized carbons (Fsp3) is 0.229. The van der Waals surface area contributed by atoms with Gasteiger partial charge in [-0.05, 0) is 54.6 Å². The molecule has 0 amide bonds. The van der Waals surface area contributed by atoms with Crippen LogP contribution in [0.5, 0.6) is 17.2 Å². The van der Waals surface area contributed by atoms with E-state index in [1.165, 1.54) is 13.2 Å². The zero-order valence-corrected chi connectivity index (χ0v) is 24.8. The molecule has 9 heteroatoms. The lowest BCUT2D eigenvalue weighted by atomic mass is 10.0. The van der Waals surface area contributed by atoms with Gasteiger partial charge in [0.05, 0.1) is 35.2 Å². The van der Waals surface area contributed by atoms with Crippen LogP contribution in [-0.4, -0.2) is 30.6 Å². The minimum Gasteiger partial charge on any atom is -0.487 e. The highest BCUT2D eigenvalue weighted by Gasteiger charge is 2.30. The van der Waals surface area contributed by atoms with Crippen molar-refractivity contribution < 1.29 is 23.4 Å². The topological polar surface area (TPSA) is 102 Å². The van der Waals surface area contributed by atoms with Gasteiger partial charge in [-0.15, -0.1) is 0 Å². The molecule has 0 aliphatic carbocycles. The number of likely N-dealkylation sites (tertiary alicyclic amines) is 1. The van der Waals surface area contributed by atoms with Crippen LogP contribution in [0.4, 0.5) is 0 Å². The Labute approximate surface area is 258 Å². The van der Waals surface area contributed by atoms with Crippen LogP contribution in [0.15, 0.2) is 88.1 Å². The summed E-state index contributed by atoms with van der Waals surface area (Å²) in [6.45, 7) is 1.24. The summed E-state index contributed by atoms with van der Waals surface area (Å²) in [5.74, 6) is 0.829. The Bertz CT molecular complexity index is 1960. The number of hydrogen-bond acceptors (Lipinski definition) is 8. The van der Waals surface area contributed by atoms with E-state index in [1.54, 1.807) is 30.3 Å². The number of rotatable bonds is 8. The van der Waals surface area contributed by atoms with E-state index in [2.05, 4.69) is 11.0 Å². The van der Waals surface area contributed by atoms with Gasteiger partial charge in [0.1, 0.15) is 35.5 Å². The van der Waals surface area contributed by atoms with Gasteiger partial charge < -0.3 is 18.6 Å². The molecule has 1 aliphatic rings. The van der Waals surface area contributed by atoms with E-state index in [1.807, 2.05) is 42.5 Å². The van der Waals surface area contributed by atoms with E-state index in [0.29, 0.717) is 63.9 Å². The monoisotopic (exact) mass is 608 g/mol. The third-order valence-corrected chi connectivity index (χ3v) is 8.14. The Morgan fingerprint density at radius 1 is 1.00 bits per heavy atom. The van der Waals surface area contributed by atoms with Crippen molar-refractivity contribution in [2.24, 2.45) is 0 Å². The highest BCUT2D eigenvalue weighted by molar-refractivity contribution is 6.32. The largest absolute Gasteiger partial charge is 0.487 e. The Morgan fingerprint density at radius 2 is 1.86 bits per heavy atom. The van der Waals surface area contributed by atoms with E-state index < -0.39 is 5.63 Å². The lowest BCUT2D eigenvalue weighted by molar-refractivity contribution is -0.148. The molecule has 222 valence electrons. The van der Waals surface area contributed by atoms with Crippen molar-refractivity contribution in [1.29, 1.82) is 5.26 Å². The predicted molar refractivity (Wildman–Crippen MR) is 167 cm³/mol. The van der Waals surface area contributed by atoms with Crippen LogP contribution in [0.25, 0.3) is 21.7 Å². The summed E-state index contributed by atoms with van der Waals surface area (Å²) in [7, 11) is 1.40. The molecule has 0 N–H and O–H groups in total. The second kappa shape index (κ2) is 12.8. The van der Waals surface area contributed by atoms with Gasteiger partial charge in [-0.25, -0.2) is 4.79 Å². The average Bonchev–Trinajstić information content (AvgIpc) is 3.05. The molecule has 1 fully saturated rings. The van der Waals surface area contributed by atoms with Crippen molar-refractivity contribution in [2.45, 2.75) is 38.5 Å². The molecule has 4 aromatic carbocycles. The number of halogens is 1. The van der Waals surface area contributed by atoms with Crippen molar-refractivity contribution >= 4 is 39.3 Å². The summed E-state index contributed by atoms with van der Waals surface area (Å²) in [4.78, 5) is 27.4. The third-order valence-electron chi connectivity index (χ3n) is 7.84. The van der Waals surface area contributed by atoms with E-state index in [-0.39, 0.29) is 18.6 Å². The normalized spacial score (nSPS) is 15.2. The third kappa shape index (κ3) is 6.11. The molecule has 1 unspecified atom stereocenters. The smallest absolute Gasteiger partial charge is 0.339 e. The molecule has 1 saturated heterocycles. The maximum Gasteiger partial charge on any atom is 0.339 e. The molecule has 1 aromatic heterocycles. The number of hydrogen-bond donors (Lipinski definition) is 0. The first-order chi connectivity index (χ1) is 21.4. The maximum atomic E-state index is 12.7. The maximum absolute atomic E-state index is 12.7. The molecule has 0 spiro atoms. The summed E-state index contributed by atoms with van der Waals surface area (Å²) in [5, 5.41) is 12.0. The number of ether oxygens (including phenoxy) is 3. The second-order valence-electron chi connectivity index (χ2n) is 10.7. The van der Waals surface area contributed by atoms with Crippen molar-refractivity contribution in [3.8, 4) is 23.3 Å². The Hall–Kier alpha value is -4.84. The van der Waals surface area contributed by atoms with Crippen LogP contribution in [-0.2, 0) is 22.7 Å². The lowest BCUT2D eigenvalue weighted by Crippen LogP contribution is -2.44. The molecular weight excluding hydrogens is 580 g/mol. The standard InChI is InChI=1S/C35H29ClN2O6/c1-41-35(40)29-11-4-5-14-38(29)20-25-16-28(36)32(42-21-23-8-6-7-22(15-23)19-37)17-30(25)43-31-18-33(39)44-34-26-10-3-2-9-24(26)12-13-27(31)34/h2-3,6-10,12-13,15-18,29H,4-5,11,14,20-21H2,1H3. The summed E-state index contributed by atoms with van der Waals surface area (Å²) in [5.41, 5.74) is 1.93. The summed E-state index contributed by atoms with van der Waals surface area (Å²) < 4.78 is 23.4. The van der Waals surface area contributed by atoms with Gasteiger partial charge >= 0.3 is 11.6 Å². The first-order valence-corrected chi connectivity index (χ1v) is 14.7. The number of nitrogens with zero attached hydrogens (tertiary/aromatic N) is 2. The molecule has 8 nitrogen and oxygen atoms in total. The van der Waals surface area contributed by atoms with E-state index in [4.69, 9.17) is 30.2 Å². The molecule has 1 aliphatic heterocycles. The zero-order chi connectivity index (χ0) is 30.6. The number of methoxy groups -OCH3 is 1. The zero-order valence-electron chi connectivity index (χ0n) is 24.0. The number of carbonyl (C=O) groups excluding carboxylic acids is 1. The summed E-state index contributed by atoms with van der Waals surface area (Å²) >= 11 is 6.75. The van der Waals surface area contributed by atoms with Crippen molar-refractivity contribution in [1.82, 2.24) is 4.90 Å². The van der Waals surface area contributed by atoms with Crippen LogP contribution in [0.3, 0.4) is 0 Å². The van der Waals surface area contributed by atoms with Gasteiger partial charge in [0.2, 0.25) is 0 Å². The first-order valence-electron chi connectivity index (χ1n) is 14.3. The molecular formula is C35H29ClN2O6. The number of benzene rings is 4. The van der Waals surface area contributed by atoms with Gasteiger partial charge in [0.25, 0.3) is 0 Å². The summed E-state index contributed by atoms with van der Waals surface area (Å²) in [6, 6.07) is 25.1. The molecule has 2 heterocycles. The minimum atomic E-state index is -0.546. The van der Waals surface area contributed by atoms with Crippen molar-refractivity contribution in [2.75, 3.05) is 13.7 Å². The average molecular weight is 609 g/mol. The molecule has 44 heavy (non-hydrogen) atoms. The van der Waals surface area contributed by atoms with E-state index >= 15 is 0 Å². The molecule has 6 rings (SSSR count). The number of esters is 1. The molecule has 5 aromatic rings. The Balaban J connectivity index is 1.41. The van der Waals surface area contributed by atoms with Gasteiger partial charge in [-0.2, -0.15) is 5.26 Å². The highest BCUT2D eigenvalue weighted by Crippen LogP contribution is 2.39. The van der Waals surface area contributed by atoms with Gasteiger partial charge in [-0.1, -0.05) is 60.5 Å². The molecule has 0 radical (unpaired) electrons. The fourth-order valence-corrected chi connectivity index (χ4v) is 5.90.